The van der Waals surface area contributed by atoms with Gasteiger partial charge in [-0.15, -0.1) is 0 Å². The van der Waals surface area contributed by atoms with Gasteiger partial charge in [0.15, 0.2) is 0 Å². The molecule has 0 amide bonds. The van der Waals surface area contributed by atoms with E-state index in [1.165, 1.54) is 16.6 Å². The van der Waals surface area contributed by atoms with Crippen LogP contribution in [0.15, 0.2) is 71.5 Å². The average Bonchev–Trinajstić information content (AvgIpc) is 3.16. The van der Waals surface area contributed by atoms with Gasteiger partial charge in [0.1, 0.15) is 0 Å². The maximum absolute atomic E-state index is 4.82. The predicted molar refractivity (Wildman–Crippen MR) is 139 cm³/mol. The summed E-state index contributed by atoms with van der Waals surface area (Å²) in [6.07, 6.45) is 5.10. The van der Waals surface area contributed by atoms with Gasteiger partial charge >= 0.3 is 0 Å². The molecule has 1 aliphatic rings. The van der Waals surface area contributed by atoms with E-state index < -0.39 is 0 Å². The molecule has 2 aromatic carbocycles. The maximum Gasteiger partial charge on any atom is 0.0935 e. The Hall–Kier alpha value is -2.70. The number of hydrogen-bond acceptors (Lipinski definition) is 4. The molecular weight excluding hydrogens is 474 g/mol. The van der Waals surface area contributed by atoms with Gasteiger partial charge < -0.3 is 4.90 Å². The van der Waals surface area contributed by atoms with Gasteiger partial charge in [-0.05, 0) is 66.4 Å². The van der Waals surface area contributed by atoms with E-state index in [0.29, 0.717) is 5.92 Å². The lowest BCUT2D eigenvalue weighted by molar-refractivity contribution is 0.281. The highest BCUT2D eigenvalue weighted by molar-refractivity contribution is 9.10. The molecule has 6 heteroatoms. The highest BCUT2D eigenvalue weighted by Gasteiger charge is 2.19. The molecule has 0 bridgehead atoms. The van der Waals surface area contributed by atoms with Crippen LogP contribution in [-0.2, 0) is 6.54 Å². The van der Waals surface area contributed by atoms with Crippen molar-refractivity contribution >= 4 is 32.5 Å². The number of pyridine rings is 1. The largest absolute Gasteiger partial charge is 0.368 e. The average molecular weight is 504 g/mol. The summed E-state index contributed by atoms with van der Waals surface area (Å²) in [5.74, 6) is 0.498. The molecule has 0 saturated carbocycles. The molecule has 33 heavy (non-hydrogen) atoms. The smallest absolute Gasteiger partial charge is 0.0935 e. The Labute approximate surface area is 204 Å². The number of nitrogens with zero attached hydrogens (tertiary/aromatic N) is 5. The van der Waals surface area contributed by atoms with Crippen LogP contribution in [0.25, 0.3) is 16.6 Å². The van der Waals surface area contributed by atoms with Crippen LogP contribution in [0, 0.1) is 0 Å². The Morgan fingerprint density at radius 2 is 1.82 bits per heavy atom. The third kappa shape index (κ3) is 4.97. The minimum Gasteiger partial charge on any atom is -0.368 e. The van der Waals surface area contributed by atoms with Crippen molar-refractivity contribution in [1.82, 2.24) is 19.7 Å². The Morgan fingerprint density at radius 3 is 2.64 bits per heavy atom. The van der Waals surface area contributed by atoms with Crippen molar-refractivity contribution in [3.63, 3.8) is 0 Å². The monoisotopic (exact) mass is 503 g/mol. The number of fused-ring (bicyclic) bond motifs is 1. The van der Waals surface area contributed by atoms with Crippen LogP contribution < -0.4 is 4.90 Å². The number of hydrogen-bond donors (Lipinski definition) is 0. The molecule has 170 valence electrons. The molecule has 1 saturated heterocycles. The second kappa shape index (κ2) is 9.65. The second-order valence-corrected chi connectivity index (χ2v) is 10.0. The van der Waals surface area contributed by atoms with Crippen LogP contribution >= 0.6 is 15.9 Å². The molecule has 3 heterocycles. The normalized spacial score (nSPS) is 15.3. The van der Waals surface area contributed by atoms with Gasteiger partial charge in [-0.1, -0.05) is 35.8 Å². The molecule has 5 rings (SSSR count). The highest BCUT2D eigenvalue weighted by atomic mass is 79.9. The lowest BCUT2D eigenvalue weighted by atomic mass is 9.99. The fraction of sp³-hybridized carbons (Fsp3) is 0.333. The molecule has 5 nitrogen and oxygen atoms in total. The van der Waals surface area contributed by atoms with Crippen molar-refractivity contribution in [2.24, 2.45) is 0 Å². The van der Waals surface area contributed by atoms with Crippen molar-refractivity contribution < 1.29 is 0 Å². The minimum atomic E-state index is 0.498. The van der Waals surface area contributed by atoms with Crippen molar-refractivity contribution in [2.75, 3.05) is 31.1 Å². The van der Waals surface area contributed by atoms with E-state index >= 15 is 0 Å². The van der Waals surface area contributed by atoms with Gasteiger partial charge in [-0.25, -0.2) is 4.68 Å². The van der Waals surface area contributed by atoms with E-state index in [0.717, 1.165) is 60.5 Å². The van der Waals surface area contributed by atoms with Crippen LogP contribution in [-0.4, -0.2) is 45.8 Å². The van der Waals surface area contributed by atoms with Crippen molar-refractivity contribution in [2.45, 2.75) is 32.7 Å². The predicted octanol–water partition coefficient (Wildman–Crippen LogP) is 6.02. The lowest BCUT2D eigenvalue weighted by Gasteiger charge is -2.25. The van der Waals surface area contributed by atoms with E-state index in [1.807, 2.05) is 29.1 Å². The summed E-state index contributed by atoms with van der Waals surface area (Å²) in [5, 5.41) is 6.05. The van der Waals surface area contributed by atoms with E-state index in [2.05, 4.69) is 82.2 Å². The number of rotatable bonds is 5. The summed E-state index contributed by atoms with van der Waals surface area (Å²) < 4.78 is 3.04. The van der Waals surface area contributed by atoms with Gasteiger partial charge in [0.25, 0.3) is 0 Å². The number of halogens is 1. The molecule has 0 radical (unpaired) electrons. The zero-order valence-electron chi connectivity index (χ0n) is 19.3. The van der Waals surface area contributed by atoms with Gasteiger partial charge in [-0.3, -0.25) is 9.88 Å². The Morgan fingerprint density at radius 1 is 0.970 bits per heavy atom. The summed E-state index contributed by atoms with van der Waals surface area (Å²) in [4.78, 5) is 9.79. The van der Waals surface area contributed by atoms with Crippen molar-refractivity contribution in [3.8, 4) is 5.69 Å². The van der Waals surface area contributed by atoms with E-state index in [4.69, 9.17) is 10.1 Å². The molecule has 0 atom stereocenters. The topological polar surface area (TPSA) is 37.2 Å². The van der Waals surface area contributed by atoms with Crippen LogP contribution in [0.1, 0.15) is 37.4 Å². The number of benzene rings is 2. The first-order chi connectivity index (χ1) is 16.1. The molecule has 4 aromatic rings. The SMILES string of the molecule is CC(C)c1cc(N2CCCN(Cc3ccn(-c4ccc(Br)cc4)n3)CC2)c2ncccc2c1. The van der Waals surface area contributed by atoms with E-state index in [1.54, 1.807) is 0 Å². The Kier molecular flexibility index (Phi) is 6.47. The Bertz CT molecular complexity index is 1230. The summed E-state index contributed by atoms with van der Waals surface area (Å²) in [7, 11) is 0. The molecule has 2 aromatic heterocycles. The fourth-order valence-electron chi connectivity index (χ4n) is 4.55. The summed E-state index contributed by atoms with van der Waals surface area (Å²) in [5.41, 5.74) is 5.96. The van der Waals surface area contributed by atoms with Crippen LogP contribution in [0.2, 0.25) is 0 Å². The maximum atomic E-state index is 4.82. The van der Waals surface area contributed by atoms with Crippen LogP contribution in [0.4, 0.5) is 5.69 Å². The number of aromatic nitrogens is 3. The fourth-order valence-corrected chi connectivity index (χ4v) is 4.82. The first kappa shape index (κ1) is 22.1. The van der Waals surface area contributed by atoms with Gasteiger partial charge in [-0.2, -0.15) is 5.10 Å². The van der Waals surface area contributed by atoms with Crippen molar-refractivity contribution in [1.29, 1.82) is 0 Å². The quantitative estimate of drug-likeness (QED) is 0.333. The first-order valence-corrected chi connectivity index (χ1v) is 12.5. The number of anilines is 1. The molecular formula is C27H30BrN5. The molecule has 0 spiro atoms. The summed E-state index contributed by atoms with van der Waals surface area (Å²) >= 11 is 3.50. The molecule has 0 N–H and O–H groups in total. The third-order valence-corrected chi connectivity index (χ3v) is 6.95. The standard InChI is InChI=1S/C27H30BrN5/c1-20(2)22-17-21-5-3-11-29-27(21)26(18-22)32-13-4-12-31(15-16-32)19-24-10-14-33(30-24)25-8-6-23(28)7-9-25/h3,5-11,14,17-18,20H,4,12-13,15-16,19H2,1-2H3. The first-order valence-electron chi connectivity index (χ1n) is 11.7. The van der Waals surface area contributed by atoms with Gasteiger partial charge in [0, 0.05) is 55.0 Å². The van der Waals surface area contributed by atoms with E-state index in [-0.39, 0.29) is 0 Å². The zero-order chi connectivity index (χ0) is 22.8. The summed E-state index contributed by atoms with van der Waals surface area (Å²) in [6, 6.07) is 19.3. The zero-order valence-corrected chi connectivity index (χ0v) is 20.9. The highest BCUT2D eigenvalue weighted by Crippen LogP contribution is 2.31. The Balaban J connectivity index is 1.30. The molecule has 0 aliphatic carbocycles. The van der Waals surface area contributed by atoms with E-state index in [9.17, 15) is 0 Å². The van der Waals surface area contributed by atoms with Crippen molar-refractivity contribution in [3.05, 3.63) is 82.7 Å². The molecule has 1 aliphatic heterocycles. The van der Waals surface area contributed by atoms with Gasteiger partial charge in [0.05, 0.1) is 22.6 Å². The molecule has 0 unspecified atom stereocenters. The lowest BCUT2D eigenvalue weighted by Crippen LogP contribution is -2.31. The minimum absolute atomic E-state index is 0.498. The third-order valence-electron chi connectivity index (χ3n) is 6.42. The second-order valence-electron chi connectivity index (χ2n) is 9.11. The molecule has 1 fully saturated rings. The summed E-state index contributed by atoms with van der Waals surface area (Å²) in [6.45, 7) is 9.56. The van der Waals surface area contributed by atoms with Crippen LogP contribution in [0.3, 0.4) is 0 Å². The van der Waals surface area contributed by atoms with Crippen LogP contribution in [0.5, 0.6) is 0 Å². The van der Waals surface area contributed by atoms with Gasteiger partial charge in [0.2, 0.25) is 0 Å².